The van der Waals surface area contributed by atoms with Gasteiger partial charge in [-0.05, 0) is 64.3 Å². The van der Waals surface area contributed by atoms with E-state index in [1.54, 1.807) is 0 Å². The van der Waals surface area contributed by atoms with Crippen molar-refractivity contribution in [1.29, 1.82) is 0 Å². The fraction of sp³-hybridized carbons (Fsp3) is 0.824. The number of unbranched alkanes of at least 4 members (excludes halogenated alkanes) is 1. The lowest BCUT2D eigenvalue weighted by Crippen LogP contribution is -2.36. The van der Waals surface area contributed by atoms with Crippen LogP contribution in [-0.4, -0.2) is 48.5 Å². The Bertz CT molecular complexity index is 331. The normalized spacial score (nSPS) is 31.6. The van der Waals surface area contributed by atoms with E-state index in [2.05, 4.69) is 23.2 Å². The fourth-order valence-electron chi connectivity index (χ4n) is 3.20. The number of nitrogens with zero attached hydrogens (tertiary/aromatic N) is 1. The zero-order valence-electron chi connectivity index (χ0n) is 12.7. The molecule has 0 unspecified atom stereocenters. The van der Waals surface area contributed by atoms with Crippen molar-refractivity contribution in [3.63, 3.8) is 0 Å². The molecule has 0 aromatic rings. The summed E-state index contributed by atoms with van der Waals surface area (Å²) < 4.78 is 5.36. The maximum Gasteiger partial charge on any atom is 0.125 e. The van der Waals surface area contributed by atoms with Gasteiger partial charge in [0.05, 0.1) is 13.2 Å². The molecule has 2 fully saturated rings. The third-order valence-corrected chi connectivity index (χ3v) is 4.50. The van der Waals surface area contributed by atoms with Gasteiger partial charge in [-0.3, -0.25) is 4.90 Å². The first-order valence-corrected chi connectivity index (χ1v) is 8.01. The summed E-state index contributed by atoms with van der Waals surface area (Å²) in [5.41, 5.74) is -0.701. The van der Waals surface area contributed by atoms with Crippen LogP contribution in [0.2, 0.25) is 0 Å². The van der Waals surface area contributed by atoms with Crippen LogP contribution in [0, 0.1) is 24.2 Å². The van der Waals surface area contributed by atoms with Gasteiger partial charge in [0.2, 0.25) is 0 Å². The van der Waals surface area contributed by atoms with Crippen molar-refractivity contribution in [2.24, 2.45) is 5.92 Å². The van der Waals surface area contributed by atoms with Crippen LogP contribution in [0.25, 0.3) is 0 Å². The van der Waals surface area contributed by atoms with E-state index in [4.69, 9.17) is 4.74 Å². The van der Waals surface area contributed by atoms with Crippen molar-refractivity contribution in [2.45, 2.75) is 51.0 Å². The topological polar surface area (TPSA) is 32.7 Å². The van der Waals surface area contributed by atoms with Crippen molar-refractivity contribution in [3.8, 4) is 11.8 Å². The van der Waals surface area contributed by atoms with Gasteiger partial charge >= 0.3 is 0 Å². The van der Waals surface area contributed by atoms with Gasteiger partial charge in [-0.25, -0.2) is 0 Å². The lowest BCUT2D eigenvalue weighted by Gasteiger charge is -2.32. The largest absolute Gasteiger partial charge is 0.379 e. The Hall–Kier alpha value is -0.560. The average Bonchev–Trinajstić information content (AvgIpc) is 2.47. The smallest absolute Gasteiger partial charge is 0.125 e. The number of morpholine rings is 1. The van der Waals surface area contributed by atoms with Gasteiger partial charge in [0, 0.05) is 13.1 Å². The molecule has 3 heteroatoms. The summed E-state index contributed by atoms with van der Waals surface area (Å²) in [5, 5.41) is 10.2. The molecule has 0 aromatic carbocycles. The zero-order valence-corrected chi connectivity index (χ0v) is 12.7. The molecule has 20 heavy (non-hydrogen) atoms. The standard InChI is InChI=1S/C17H28NO2/c1-2-8-17(19)9-6-16(7-10-17)5-3-4-11-18-12-14-20-15-13-18/h5,16,19H,3-4,6-7,9-15H2,1H3. The molecule has 0 atom stereocenters. The SMILES string of the molecule is CC#CC1(O)CCC([CH]CCCN2CCOCC2)CC1. The van der Waals surface area contributed by atoms with E-state index >= 15 is 0 Å². The van der Waals surface area contributed by atoms with Gasteiger partial charge in [-0.2, -0.15) is 0 Å². The first-order chi connectivity index (χ1) is 9.72. The monoisotopic (exact) mass is 278 g/mol. The maximum absolute atomic E-state index is 10.2. The first-order valence-electron chi connectivity index (χ1n) is 8.01. The molecule has 1 N–H and O–H groups in total. The summed E-state index contributed by atoms with van der Waals surface area (Å²) in [6.45, 7) is 6.96. The third-order valence-electron chi connectivity index (χ3n) is 4.50. The van der Waals surface area contributed by atoms with Crippen molar-refractivity contribution < 1.29 is 9.84 Å². The number of hydrogen-bond acceptors (Lipinski definition) is 3. The van der Waals surface area contributed by atoms with Crippen LogP contribution >= 0.6 is 0 Å². The average molecular weight is 278 g/mol. The minimum Gasteiger partial charge on any atom is -0.379 e. The van der Waals surface area contributed by atoms with Gasteiger partial charge < -0.3 is 9.84 Å². The zero-order chi connectivity index (χ0) is 14.3. The van der Waals surface area contributed by atoms with Crippen LogP contribution in [0.1, 0.15) is 45.4 Å². The molecule has 1 radical (unpaired) electrons. The summed E-state index contributed by atoms with van der Waals surface area (Å²) in [7, 11) is 0. The lowest BCUT2D eigenvalue weighted by atomic mass is 9.77. The molecule has 1 aliphatic carbocycles. The Morgan fingerprint density at radius 3 is 2.65 bits per heavy atom. The Kier molecular flexibility index (Phi) is 6.35. The fourth-order valence-corrected chi connectivity index (χ4v) is 3.20. The van der Waals surface area contributed by atoms with E-state index in [1.807, 2.05) is 6.92 Å². The predicted molar refractivity (Wildman–Crippen MR) is 81.2 cm³/mol. The second-order valence-corrected chi connectivity index (χ2v) is 6.08. The van der Waals surface area contributed by atoms with E-state index in [1.165, 1.54) is 19.4 Å². The Labute approximate surface area is 123 Å². The van der Waals surface area contributed by atoms with Crippen molar-refractivity contribution in [2.75, 3.05) is 32.8 Å². The molecule has 1 saturated heterocycles. The molecule has 0 bridgehead atoms. The van der Waals surface area contributed by atoms with Crippen LogP contribution in [0.15, 0.2) is 0 Å². The number of rotatable bonds is 5. The molecule has 1 heterocycles. The number of hydrogen-bond donors (Lipinski definition) is 1. The molecule has 1 aliphatic heterocycles. The second kappa shape index (κ2) is 8.02. The van der Waals surface area contributed by atoms with Crippen molar-refractivity contribution >= 4 is 0 Å². The van der Waals surface area contributed by atoms with Crippen molar-refractivity contribution in [3.05, 3.63) is 6.42 Å². The van der Waals surface area contributed by atoms with E-state index in [-0.39, 0.29) is 0 Å². The van der Waals surface area contributed by atoms with Crippen LogP contribution in [-0.2, 0) is 4.74 Å². The summed E-state index contributed by atoms with van der Waals surface area (Å²) in [4.78, 5) is 2.49. The second-order valence-electron chi connectivity index (χ2n) is 6.08. The maximum atomic E-state index is 10.2. The highest BCUT2D eigenvalue weighted by Crippen LogP contribution is 2.33. The Morgan fingerprint density at radius 2 is 2.00 bits per heavy atom. The van der Waals surface area contributed by atoms with Crippen LogP contribution in [0.3, 0.4) is 0 Å². The number of aliphatic hydroxyl groups is 1. The highest BCUT2D eigenvalue weighted by molar-refractivity contribution is 5.13. The summed E-state index contributed by atoms with van der Waals surface area (Å²) >= 11 is 0. The molecule has 0 spiro atoms. The number of ether oxygens (including phenoxy) is 1. The van der Waals surface area contributed by atoms with E-state index in [0.717, 1.165) is 52.0 Å². The van der Waals surface area contributed by atoms with Gasteiger partial charge in [-0.15, -0.1) is 5.92 Å². The van der Waals surface area contributed by atoms with Crippen LogP contribution in [0.4, 0.5) is 0 Å². The van der Waals surface area contributed by atoms with Gasteiger partial charge in [0.25, 0.3) is 0 Å². The summed E-state index contributed by atoms with van der Waals surface area (Å²) in [6, 6.07) is 0. The van der Waals surface area contributed by atoms with Gasteiger partial charge in [0.1, 0.15) is 5.60 Å². The molecule has 1 saturated carbocycles. The highest BCUT2D eigenvalue weighted by Gasteiger charge is 2.31. The summed E-state index contributed by atoms with van der Waals surface area (Å²) in [5.74, 6) is 6.50. The summed E-state index contributed by atoms with van der Waals surface area (Å²) in [6.07, 6.45) is 8.75. The third kappa shape index (κ3) is 5.09. The van der Waals surface area contributed by atoms with E-state index in [0.29, 0.717) is 5.92 Å². The molecular weight excluding hydrogens is 250 g/mol. The van der Waals surface area contributed by atoms with Gasteiger partial charge in [-0.1, -0.05) is 5.92 Å². The Balaban J connectivity index is 1.55. The molecule has 3 nitrogen and oxygen atoms in total. The minimum atomic E-state index is -0.701. The lowest BCUT2D eigenvalue weighted by molar-refractivity contribution is 0.0369. The first kappa shape index (κ1) is 15.8. The van der Waals surface area contributed by atoms with Crippen molar-refractivity contribution in [1.82, 2.24) is 4.90 Å². The highest BCUT2D eigenvalue weighted by atomic mass is 16.5. The van der Waals surface area contributed by atoms with Gasteiger partial charge in [0.15, 0.2) is 0 Å². The molecular formula is C17H28NO2. The van der Waals surface area contributed by atoms with E-state index < -0.39 is 5.60 Å². The van der Waals surface area contributed by atoms with Crippen LogP contribution < -0.4 is 0 Å². The molecule has 2 rings (SSSR count). The molecule has 0 amide bonds. The Morgan fingerprint density at radius 1 is 1.30 bits per heavy atom. The minimum absolute atomic E-state index is 0.679. The van der Waals surface area contributed by atoms with E-state index in [9.17, 15) is 5.11 Å². The molecule has 113 valence electrons. The molecule has 2 aliphatic rings. The van der Waals surface area contributed by atoms with Crippen LogP contribution in [0.5, 0.6) is 0 Å². The predicted octanol–water partition coefficient (Wildman–Crippen LogP) is 2.25. The molecule has 0 aromatic heterocycles. The quantitative estimate of drug-likeness (QED) is 0.618.